The minimum absolute atomic E-state index is 0.0167. The third-order valence-electron chi connectivity index (χ3n) is 3.05. The molecule has 1 aliphatic rings. The van der Waals surface area contributed by atoms with Crippen molar-refractivity contribution in [2.24, 2.45) is 5.73 Å². The van der Waals surface area contributed by atoms with Gasteiger partial charge in [0.2, 0.25) is 0 Å². The Morgan fingerprint density at radius 2 is 1.82 bits per heavy atom. The Morgan fingerprint density at radius 3 is 2.47 bits per heavy atom. The molecule has 1 aliphatic carbocycles. The molecule has 0 amide bonds. The third kappa shape index (κ3) is 2.79. The molecule has 1 aromatic carbocycles. The highest BCUT2D eigenvalue weighted by Crippen LogP contribution is 2.22. The van der Waals surface area contributed by atoms with Crippen molar-refractivity contribution >= 4 is 0 Å². The number of hydrogen-bond donors (Lipinski definition) is 1. The molecule has 2 rings (SSSR count). The van der Waals surface area contributed by atoms with Crippen LogP contribution in [0.4, 0.5) is 13.2 Å². The number of halogens is 3. The van der Waals surface area contributed by atoms with Crippen molar-refractivity contribution in [1.29, 1.82) is 0 Å². The van der Waals surface area contributed by atoms with Crippen LogP contribution in [0.15, 0.2) is 12.1 Å². The zero-order valence-electron chi connectivity index (χ0n) is 9.26. The summed E-state index contributed by atoms with van der Waals surface area (Å²) in [4.78, 5) is 0. The van der Waals surface area contributed by atoms with E-state index in [0.29, 0.717) is 6.07 Å². The first-order valence-corrected chi connectivity index (χ1v) is 5.58. The molecule has 1 fully saturated rings. The largest absolute Gasteiger partial charge is 0.372 e. The van der Waals surface area contributed by atoms with E-state index < -0.39 is 17.5 Å². The van der Waals surface area contributed by atoms with Crippen LogP contribution < -0.4 is 5.73 Å². The summed E-state index contributed by atoms with van der Waals surface area (Å²) in [6, 6.07) is 1.30. The maximum absolute atomic E-state index is 13.3. The molecule has 1 aromatic rings. The minimum atomic E-state index is -1.19. The van der Waals surface area contributed by atoms with Crippen molar-refractivity contribution in [1.82, 2.24) is 0 Å². The molecule has 0 saturated heterocycles. The first-order chi connectivity index (χ1) is 8.08. The van der Waals surface area contributed by atoms with Crippen LogP contribution >= 0.6 is 0 Å². The van der Waals surface area contributed by atoms with E-state index in [2.05, 4.69) is 0 Å². The maximum atomic E-state index is 13.3. The highest BCUT2D eigenvalue weighted by atomic mass is 19.2. The molecule has 94 valence electrons. The topological polar surface area (TPSA) is 35.2 Å². The van der Waals surface area contributed by atoms with Gasteiger partial charge in [0.25, 0.3) is 0 Å². The van der Waals surface area contributed by atoms with Gasteiger partial charge in [-0.1, -0.05) is 0 Å². The summed E-state index contributed by atoms with van der Waals surface area (Å²) >= 11 is 0. The predicted molar refractivity (Wildman–Crippen MR) is 56.7 cm³/mol. The molecule has 0 heterocycles. The quantitative estimate of drug-likeness (QED) is 0.830. The summed E-state index contributed by atoms with van der Waals surface area (Å²) in [5, 5.41) is 0. The Kier molecular flexibility index (Phi) is 3.69. The molecule has 0 aliphatic heterocycles. The molecule has 0 aromatic heterocycles. The second kappa shape index (κ2) is 5.06. The summed E-state index contributed by atoms with van der Waals surface area (Å²) in [7, 11) is 0. The van der Waals surface area contributed by atoms with E-state index in [0.717, 1.165) is 25.3 Å². The van der Waals surface area contributed by atoms with Crippen LogP contribution in [0.25, 0.3) is 0 Å². The Labute approximate surface area is 97.6 Å². The number of hydrogen-bond acceptors (Lipinski definition) is 2. The standard InChI is InChI=1S/C12H14F3NO/c13-8-5-10(15)9(14)4-7(8)6-17-12-3-1-2-11(12)16/h4-5,11-12H,1-3,6,16H2/t11-,12-/m0/s1. The second-order valence-electron chi connectivity index (χ2n) is 4.30. The Hall–Kier alpha value is -1.07. The van der Waals surface area contributed by atoms with Crippen molar-refractivity contribution in [3.8, 4) is 0 Å². The van der Waals surface area contributed by atoms with Crippen LogP contribution in [0, 0.1) is 17.5 Å². The minimum Gasteiger partial charge on any atom is -0.372 e. The Morgan fingerprint density at radius 1 is 1.12 bits per heavy atom. The van der Waals surface area contributed by atoms with Crippen LogP contribution in [0.5, 0.6) is 0 Å². The van der Waals surface area contributed by atoms with E-state index in [1.807, 2.05) is 0 Å². The zero-order chi connectivity index (χ0) is 12.4. The zero-order valence-corrected chi connectivity index (χ0v) is 9.26. The fourth-order valence-corrected chi connectivity index (χ4v) is 2.03. The van der Waals surface area contributed by atoms with Gasteiger partial charge in [0.1, 0.15) is 5.82 Å². The first-order valence-electron chi connectivity index (χ1n) is 5.58. The van der Waals surface area contributed by atoms with E-state index in [4.69, 9.17) is 10.5 Å². The van der Waals surface area contributed by atoms with Crippen LogP contribution in [-0.2, 0) is 11.3 Å². The lowest BCUT2D eigenvalue weighted by atomic mass is 10.2. The molecule has 2 nitrogen and oxygen atoms in total. The fourth-order valence-electron chi connectivity index (χ4n) is 2.03. The lowest BCUT2D eigenvalue weighted by Crippen LogP contribution is -2.31. The van der Waals surface area contributed by atoms with Gasteiger partial charge in [-0.2, -0.15) is 0 Å². The molecule has 1 saturated carbocycles. The molecule has 0 unspecified atom stereocenters. The summed E-state index contributed by atoms with van der Waals surface area (Å²) < 4.78 is 44.3. The van der Waals surface area contributed by atoms with Crippen molar-refractivity contribution in [2.45, 2.75) is 38.0 Å². The first kappa shape index (κ1) is 12.4. The van der Waals surface area contributed by atoms with Crippen LogP contribution in [-0.4, -0.2) is 12.1 Å². The number of benzene rings is 1. The Bertz CT molecular complexity index is 411. The maximum Gasteiger partial charge on any atom is 0.161 e. The molecule has 2 N–H and O–H groups in total. The summed E-state index contributed by atoms with van der Waals surface area (Å²) in [6.07, 6.45) is 2.56. The molecule has 5 heteroatoms. The lowest BCUT2D eigenvalue weighted by Gasteiger charge is -2.16. The smallest absolute Gasteiger partial charge is 0.161 e. The van der Waals surface area contributed by atoms with Gasteiger partial charge < -0.3 is 10.5 Å². The molecule has 0 radical (unpaired) electrons. The summed E-state index contributed by atoms with van der Waals surface area (Å²) in [5.74, 6) is -3.06. The molecular formula is C12H14F3NO. The van der Waals surface area contributed by atoms with Crippen molar-refractivity contribution in [2.75, 3.05) is 0 Å². The Balaban J connectivity index is 2.01. The molecule has 0 spiro atoms. The molecular weight excluding hydrogens is 231 g/mol. The van der Waals surface area contributed by atoms with Gasteiger partial charge in [0.15, 0.2) is 11.6 Å². The molecule has 17 heavy (non-hydrogen) atoms. The van der Waals surface area contributed by atoms with Crippen LogP contribution in [0.2, 0.25) is 0 Å². The van der Waals surface area contributed by atoms with Gasteiger partial charge in [-0.05, 0) is 25.3 Å². The van der Waals surface area contributed by atoms with E-state index >= 15 is 0 Å². The van der Waals surface area contributed by atoms with Gasteiger partial charge in [-0.15, -0.1) is 0 Å². The SMILES string of the molecule is N[C@H]1CCC[C@@H]1OCc1cc(F)c(F)cc1F. The van der Waals surface area contributed by atoms with E-state index in [9.17, 15) is 13.2 Å². The fraction of sp³-hybridized carbons (Fsp3) is 0.500. The monoisotopic (exact) mass is 245 g/mol. The predicted octanol–water partition coefficient (Wildman–Crippen LogP) is 2.50. The van der Waals surface area contributed by atoms with Gasteiger partial charge in [0, 0.05) is 17.7 Å². The van der Waals surface area contributed by atoms with Gasteiger partial charge >= 0.3 is 0 Å². The highest BCUT2D eigenvalue weighted by molar-refractivity contribution is 5.19. The molecule has 0 bridgehead atoms. The lowest BCUT2D eigenvalue weighted by molar-refractivity contribution is 0.0340. The van der Waals surface area contributed by atoms with Crippen molar-refractivity contribution < 1.29 is 17.9 Å². The van der Waals surface area contributed by atoms with Crippen LogP contribution in [0.3, 0.4) is 0 Å². The van der Waals surface area contributed by atoms with Crippen molar-refractivity contribution in [3.63, 3.8) is 0 Å². The second-order valence-corrected chi connectivity index (χ2v) is 4.30. The summed E-state index contributed by atoms with van der Waals surface area (Å²) in [6.45, 7) is -0.0819. The van der Waals surface area contributed by atoms with Gasteiger partial charge in [-0.25, -0.2) is 13.2 Å². The van der Waals surface area contributed by atoms with E-state index in [1.54, 1.807) is 0 Å². The van der Waals surface area contributed by atoms with Gasteiger partial charge in [-0.3, -0.25) is 0 Å². The van der Waals surface area contributed by atoms with E-state index in [-0.39, 0.29) is 24.3 Å². The number of ether oxygens (including phenoxy) is 1. The average Bonchev–Trinajstić information content (AvgIpc) is 2.68. The van der Waals surface area contributed by atoms with Gasteiger partial charge in [0.05, 0.1) is 12.7 Å². The summed E-state index contributed by atoms with van der Waals surface area (Å²) in [5.41, 5.74) is 5.80. The van der Waals surface area contributed by atoms with E-state index in [1.165, 1.54) is 0 Å². The number of nitrogens with two attached hydrogens (primary N) is 1. The average molecular weight is 245 g/mol. The van der Waals surface area contributed by atoms with Crippen molar-refractivity contribution in [3.05, 3.63) is 35.1 Å². The van der Waals surface area contributed by atoms with Crippen LogP contribution in [0.1, 0.15) is 24.8 Å². The normalized spacial score (nSPS) is 24.2. The number of rotatable bonds is 3. The highest BCUT2D eigenvalue weighted by Gasteiger charge is 2.24. The third-order valence-corrected chi connectivity index (χ3v) is 3.05. The molecule has 2 atom stereocenters.